The molecule has 9 nitrogen and oxygen atoms in total. The van der Waals surface area contributed by atoms with E-state index in [4.69, 9.17) is 21.1 Å². The van der Waals surface area contributed by atoms with Crippen LogP contribution in [0, 0.1) is 0 Å². The molecule has 0 aliphatic rings. The van der Waals surface area contributed by atoms with Crippen LogP contribution in [-0.4, -0.2) is 57.5 Å². The van der Waals surface area contributed by atoms with Crippen LogP contribution in [-0.2, 0) is 26.2 Å². The number of carbonyl (C=O) groups excluding carboxylic acids is 2. The maximum Gasteiger partial charge on any atom is 0.264 e. The molecule has 0 radical (unpaired) electrons. The van der Waals surface area contributed by atoms with Gasteiger partial charge < -0.3 is 19.7 Å². The maximum absolute atomic E-state index is 14.0. The van der Waals surface area contributed by atoms with Gasteiger partial charge in [-0.1, -0.05) is 41.9 Å². The van der Waals surface area contributed by atoms with Crippen molar-refractivity contribution < 1.29 is 27.5 Å². The minimum Gasteiger partial charge on any atom is -0.497 e. The van der Waals surface area contributed by atoms with Gasteiger partial charge in [0.25, 0.3) is 10.0 Å². The van der Waals surface area contributed by atoms with Crippen molar-refractivity contribution in [2.45, 2.75) is 50.7 Å². The Kier molecular flexibility index (Phi) is 10.3. The highest BCUT2D eigenvalue weighted by Crippen LogP contribution is 2.32. The lowest BCUT2D eigenvalue weighted by atomic mass is 10.1. The van der Waals surface area contributed by atoms with E-state index >= 15 is 0 Å². The molecule has 0 fully saturated rings. The Bertz CT molecular complexity index is 1480. The van der Waals surface area contributed by atoms with Gasteiger partial charge in [0.05, 0.1) is 29.8 Å². The molecule has 41 heavy (non-hydrogen) atoms. The molecule has 11 heteroatoms. The van der Waals surface area contributed by atoms with Gasteiger partial charge in [0.15, 0.2) is 0 Å². The second-order valence-corrected chi connectivity index (χ2v) is 12.7. The van der Waals surface area contributed by atoms with Gasteiger partial charge in [-0.15, -0.1) is 0 Å². The molecule has 3 rings (SSSR count). The summed E-state index contributed by atoms with van der Waals surface area (Å²) >= 11 is 6.35. The lowest BCUT2D eigenvalue weighted by Gasteiger charge is -2.33. The van der Waals surface area contributed by atoms with Gasteiger partial charge in [-0.05, 0) is 75.7 Å². The van der Waals surface area contributed by atoms with Crippen LogP contribution in [0.3, 0.4) is 0 Å². The number of sulfonamides is 1. The van der Waals surface area contributed by atoms with Crippen molar-refractivity contribution in [2.75, 3.05) is 25.1 Å². The number of nitrogens with zero attached hydrogens (tertiary/aromatic N) is 2. The van der Waals surface area contributed by atoms with Crippen LogP contribution < -0.4 is 19.1 Å². The topological polar surface area (TPSA) is 105 Å². The third kappa shape index (κ3) is 8.14. The molecule has 0 bridgehead atoms. The molecular weight excluding hydrogens is 566 g/mol. The first-order chi connectivity index (χ1) is 19.3. The highest BCUT2D eigenvalue weighted by atomic mass is 35.5. The SMILES string of the molecule is COc1cccc(CN(C(=O)CN(c2ccc(OC)c(Cl)c2)S(=O)(=O)c2ccccc2)[C@@H](C)C(=O)NC(C)(C)C)c1. The zero-order chi connectivity index (χ0) is 30.4. The standard InChI is InChI=1S/C30H36ClN3O6S/c1-21(29(36)32-30(2,3)4)33(19-22-11-10-12-24(17-22)39-5)28(35)20-34(23-15-16-27(40-6)26(31)18-23)41(37,38)25-13-8-7-9-14-25/h7-18,21H,19-20H2,1-6H3,(H,32,36)/t21-/m0/s1. The Balaban J connectivity index is 2.07. The predicted molar refractivity (Wildman–Crippen MR) is 160 cm³/mol. The van der Waals surface area contributed by atoms with Crippen molar-refractivity contribution in [1.29, 1.82) is 0 Å². The third-order valence-corrected chi connectivity index (χ3v) is 8.27. The van der Waals surface area contributed by atoms with Crippen LogP contribution in [0.5, 0.6) is 11.5 Å². The normalized spacial score (nSPS) is 12.3. The number of methoxy groups -OCH3 is 2. The number of amides is 2. The number of rotatable bonds is 11. The van der Waals surface area contributed by atoms with Crippen LogP contribution in [0.1, 0.15) is 33.3 Å². The van der Waals surface area contributed by atoms with Gasteiger partial charge >= 0.3 is 0 Å². The molecule has 1 N–H and O–H groups in total. The summed E-state index contributed by atoms with van der Waals surface area (Å²) in [7, 11) is -1.23. The van der Waals surface area contributed by atoms with Gasteiger partial charge in [-0.3, -0.25) is 13.9 Å². The number of hydrogen-bond donors (Lipinski definition) is 1. The predicted octanol–water partition coefficient (Wildman–Crippen LogP) is 4.88. The number of ether oxygens (including phenoxy) is 2. The van der Waals surface area contributed by atoms with E-state index in [1.54, 1.807) is 49.4 Å². The molecule has 3 aromatic rings. The Labute approximate surface area is 247 Å². The van der Waals surface area contributed by atoms with Gasteiger partial charge in [-0.2, -0.15) is 0 Å². The fourth-order valence-corrected chi connectivity index (χ4v) is 5.76. The summed E-state index contributed by atoms with van der Waals surface area (Å²) < 4.78 is 39.3. The third-order valence-electron chi connectivity index (χ3n) is 6.19. The number of hydrogen-bond acceptors (Lipinski definition) is 6. The summed E-state index contributed by atoms with van der Waals surface area (Å²) in [5.74, 6) is -0.0247. The van der Waals surface area contributed by atoms with Crippen LogP contribution in [0.15, 0.2) is 77.7 Å². The van der Waals surface area contributed by atoms with Crippen molar-refractivity contribution >= 4 is 39.1 Å². The number of carbonyl (C=O) groups is 2. The minimum atomic E-state index is -4.21. The van der Waals surface area contributed by atoms with E-state index in [1.807, 2.05) is 20.8 Å². The van der Waals surface area contributed by atoms with Gasteiger partial charge in [0.1, 0.15) is 24.1 Å². The Morgan fingerprint density at radius 2 is 1.63 bits per heavy atom. The van der Waals surface area contributed by atoms with Crippen molar-refractivity contribution in [2.24, 2.45) is 0 Å². The molecule has 0 aromatic heterocycles. The van der Waals surface area contributed by atoms with Crippen molar-refractivity contribution in [3.05, 3.63) is 83.4 Å². The van der Waals surface area contributed by atoms with E-state index < -0.39 is 34.1 Å². The fourth-order valence-electron chi connectivity index (χ4n) is 4.08. The first-order valence-corrected chi connectivity index (χ1v) is 14.7. The zero-order valence-electron chi connectivity index (χ0n) is 24.0. The van der Waals surface area contributed by atoms with E-state index in [0.717, 1.165) is 4.31 Å². The molecule has 0 saturated carbocycles. The average molecular weight is 602 g/mol. The molecule has 0 aliphatic carbocycles. The molecule has 0 spiro atoms. The molecule has 1 atom stereocenters. The quantitative estimate of drug-likeness (QED) is 0.336. The van der Waals surface area contributed by atoms with Crippen LogP contribution in [0.25, 0.3) is 0 Å². The van der Waals surface area contributed by atoms with Crippen LogP contribution >= 0.6 is 11.6 Å². The molecule has 3 aromatic carbocycles. The largest absolute Gasteiger partial charge is 0.497 e. The Morgan fingerprint density at radius 1 is 0.951 bits per heavy atom. The Morgan fingerprint density at radius 3 is 2.22 bits per heavy atom. The molecule has 220 valence electrons. The minimum absolute atomic E-state index is 0.00221. The molecule has 0 heterocycles. The van der Waals surface area contributed by atoms with Crippen molar-refractivity contribution in [3.63, 3.8) is 0 Å². The molecular formula is C30H36ClN3O6S. The Hall–Kier alpha value is -3.76. The lowest BCUT2D eigenvalue weighted by molar-refractivity contribution is -0.140. The summed E-state index contributed by atoms with van der Waals surface area (Å²) in [5, 5.41) is 3.08. The van der Waals surface area contributed by atoms with E-state index in [-0.39, 0.29) is 28.1 Å². The van der Waals surface area contributed by atoms with E-state index in [2.05, 4.69) is 5.32 Å². The second kappa shape index (κ2) is 13.3. The van der Waals surface area contributed by atoms with Crippen molar-refractivity contribution in [3.8, 4) is 11.5 Å². The number of benzene rings is 3. The zero-order valence-corrected chi connectivity index (χ0v) is 25.6. The fraction of sp³-hybridized carbons (Fsp3) is 0.333. The van der Waals surface area contributed by atoms with Crippen molar-refractivity contribution in [1.82, 2.24) is 10.2 Å². The first kappa shape index (κ1) is 31.8. The number of nitrogens with one attached hydrogen (secondary N) is 1. The molecule has 0 unspecified atom stereocenters. The first-order valence-electron chi connectivity index (χ1n) is 12.9. The van der Waals surface area contributed by atoms with E-state index in [0.29, 0.717) is 17.1 Å². The molecule has 2 amide bonds. The number of anilines is 1. The van der Waals surface area contributed by atoms with Crippen LogP contribution in [0.2, 0.25) is 5.02 Å². The van der Waals surface area contributed by atoms with Gasteiger partial charge in [0.2, 0.25) is 11.8 Å². The van der Waals surface area contributed by atoms with Gasteiger partial charge in [-0.25, -0.2) is 8.42 Å². The van der Waals surface area contributed by atoms with Crippen LogP contribution in [0.4, 0.5) is 5.69 Å². The van der Waals surface area contributed by atoms with E-state index in [9.17, 15) is 18.0 Å². The summed E-state index contributed by atoms with van der Waals surface area (Å²) in [6.45, 7) is 6.59. The summed E-state index contributed by atoms with van der Waals surface area (Å²) in [5.41, 5.74) is 0.331. The highest BCUT2D eigenvalue weighted by Gasteiger charge is 2.33. The average Bonchev–Trinajstić information content (AvgIpc) is 2.93. The smallest absolute Gasteiger partial charge is 0.264 e. The van der Waals surface area contributed by atoms with E-state index in [1.165, 1.54) is 49.5 Å². The lowest BCUT2D eigenvalue weighted by Crippen LogP contribution is -2.54. The monoisotopic (exact) mass is 601 g/mol. The second-order valence-electron chi connectivity index (χ2n) is 10.4. The highest BCUT2D eigenvalue weighted by molar-refractivity contribution is 7.92. The summed E-state index contributed by atoms with van der Waals surface area (Å²) in [4.78, 5) is 28.6. The molecule has 0 aliphatic heterocycles. The number of halogens is 1. The van der Waals surface area contributed by atoms with Gasteiger partial charge in [0, 0.05) is 12.1 Å². The molecule has 0 saturated heterocycles. The summed E-state index contributed by atoms with van der Waals surface area (Å²) in [6.07, 6.45) is 0. The summed E-state index contributed by atoms with van der Waals surface area (Å²) in [6, 6.07) is 18.5. The maximum atomic E-state index is 14.0.